The number of carbonyl (C=O) groups excluding carboxylic acids is 2. The Morgan fingerprint density at radius 1 is 1.14 bits per heavy atom. The molecule has 2 aromatic rings. The molecule has 1 heterocycles. The van der Waals surface area contributed by atoms with E-state index in [0.717, 1.165) is 6.42 Å². The maximum atomic E-state index is 12.8. The van der Waals surface area contributed by atoms with Crippen molar-refractivity contribution in [3.8, 4) is 0 Å². The number of rotatable bonds is 6. The summed E-state index contributed by atoms with van der Waals surface area (Å²) in [4.78, 5) is 38.5. The Balaban J connectivity index is 1.70. The molecule has 0 spiro atoms. The number of carbonyl (C=O) groups is 3. The number of carboxylic acids is 1. The van der Waals surface area contributed by atoms with Crippen LogP contribution in [-0.2, 0) is 16.1 Å². The lowest BCUT2D eigenvalue weighted by Gasteiger charge is -2.32. The molecule has 0 aliphatic carbocycles. The van der Waals surface area contributed by atoms with E-state index in [1.54, 1.807) is 23.1 Å². The molecular formula is C22H24N2O5. The van der Waals surface area contributed by atoms with Gasteiger partial charge in [-0.15, -0.1) is 0 Å². The van der Waals surface area contributed by atoms with Gasteiger partial charge in [0.2, 0.25) is 5.91 Å². The molecule has 2 N–H and O–H groups in total. The van der Waals surface area contributed by atoms with Crippen LogP contribution >= 0.6 is 0 Å². The van der Waals surface area contributed by atoms with E-state index in [2.05, 4.69) is 5.32 Å². The first-order valence-corrected chi connectivity index (χ1v) is 9.49. The van der Waals surface area contributed by atoms with Crippen molar-refractivity contribution < 1.29 is 24.2 Å². The molecule has 7 nitrogen and oxygen atoms in total. The van der Waals surface area contributed by atoms with Crippen molar-refractivity contribution in [1.82, 2.24) is 4.90 Å². The average molecular weight is 396 g/mol. The highest BCUT2D eigenvalue weighted by molar-refractivity contribution is 5.97. The number of carboxylic acid groups (broad SMARTS) is 1. The highest BCUT2D eigenvalue weighted by Crippen LogP contribution is 2.22. The highest BCUT2D eigenvalue weighted by atomic mass is 16.5. The second-order valence-electron chi connectivity index (χ2n) is 7.10. The van der Waals surface area contributed by atoms with Crippen LogP contribution in [0.2, 0.25) is 0 Å². The summed E-state index contributed by atoms with van der Waals surface area (Å²) >= 11 is 0. The number of hydrogen-bond donors (Lipinski definition) is 2. The van der Waals surface area contributed by atoms with Gasteiger partial charge in [-0.3, -0.25) is 9.59 Å². The topological polar surface area (TPSA) is 95.9 Å². The number of hydrogen-bond acceptors (Lipinski definition) is 4. The molecule has 1 aliphatic rings. The second-order valence-corrected chi connectivity index (χ2v) is 7.10. The van der Waals surface area contributed by atoms with Crippen molar-refractivity contribution in [1.29, 1.82) is 0 Å². The number of nitrogens with zero attached hydrogens (tertiary/aromatic N) is 1. The summed E-state index contributed by atoms with van der Waals surface area (Å²) in [6.45, 7) is 1.19. The lowest BCUT2D eigenvalue weighted by molar-refractivity contribution is -0.121. The van der Waals surface area contributed by atoms with Crippen LogP contribution < -0.4 is 5.32 Å². The summed E-state index contributed by atoms with van der Waals surface area (Å²) < 4.78 is 5.07. The monoisotopic (exact) mass is 396 g/mol. The van der Waals surface area contributed by atoms with Gasteiger partial charge in [-0.1, -0.05) is 18.2 Å². The Labute approximate surface area is 169 Å². The number of piperidine rings is 1. The van der Waals surface area contributed by atoms with E-state index in [4.69, 9.17) is 4.74 Å². The average Bonchev–Trinajstić information content (AvgIpc) is 2.74. The number of benzene rings is 2. The molecule has 3 rings (SSSR count). The summed E-state index contributed by atoms with van der Waals surface area (Å²) in [5.41, 5.74) is 1.76. The third-order valence-corrected chi connectivity index (χ3v) is 4.92. The van der Waals surface area contributed by atoms with Crippen LogP contribution in [0.15, 0.2) is 48.5 Å². The molecule has 2 aromatic carbocycles. The molecule has 0 radical (unpaired) electrons. The third kappa shape index (κ3) is 5.20. The second kappa shape index (κ2) is 9.34. The minimum absolute atomic E-state index is 0.0828. The number of nitrogens with one attached hydrogen (secondary N) is 1. The predicted octanol–water partition coefficient (Wildman–Crippen LogP) is 3.02. The van der Waals surface area contributed by atoms with Gasteiger partial charge in [-0.05, 0) is 48.7 Å². The van der Waals surface area contributed by atoms with Gasteiger partial charge in [0.1, 0.15) is 0 Å². The van der Waals surface area contributed by atoms with Crippen LogP contribution in [0, 0.1) is 5.92 Å². The van der Waals surface area contributed by atoms with Crippen molar-refractivity contribution >= 4 is 23.5 Å². The van der Waals surface area contributed by atoms with Crippen molar-refractivity contribution in [3.05, 3.63) is 65.2 Å². The molecule has 1 unspecified atom stereocenters. The first-order chi connectivity index (χ1) is 14.0. The quantitative estimate of drug-likeness (QED) is 0.782. The Kier molecular flexibility index (Phi) is 6.61. The fourth-order valence-corrected chi connectivity index (χ4v) is 3.52. The van der Waals surface area contributed by atoms with Gasteiger partial charge in [0, 0.05) is 31.5 Å². The molecule has 152 valence electrons. The SMILES string of the molecule is COCc1cc(NC(=O)C2CCCN(C(=O)c3ccccc3)C2)cc(C(=O)O)c1. The lowest BCUT2D eigenvalue weighted by atomic mass is 9.96. The fourth-order valence-electron chi connectivity index (χ4n) is 3.52. The molecule has 1 saturated heterocycles. The predicted molar refractivity (Wildman–Crippen MR) is 108 cm³/mol. The number of anilines is 1. The van der Waals surface area contributed by atoms with Gasteiger partial charge in [0.05, 0.1) is 18.1 Å². The summed E-state index contributed by atoms with van der Waals surface area (Å²) in [5.74, 6) is -1.73. The summed E-state index contributed by atoms with van der Waals surface area (Å²) in [7, 11) is 1.52. The van der Waals surface area contributed by atoms with E-state index in [-0.39, 0.29) is 29.9 Å². The van der Waals surface area contributed by atoms with Crippen LogP contribution in [0.25, 0.3) is 0 Å². The summed E-state index contributed by atoms with van der Waals surface area (Å²) in [5, 5.41) is 12.1. The Bertz CT molecular complexity index is 897. The van der Waals surface area contributed by atoms with Gasteiger partial charge in [0.25, 0.3) is 5.91 Å². The zero-order chi connectivity index (χ0) is 20.8. The van der Waals surface area contributed by atoms with Gasteiger partial charge in [-0.25, -0.2) is 4.79 Å². The first-order valence-electron chi connectivity index (χ1n) is 9.49. The van der Waals surface area contributed by atoms with Gasteiger partial charge >= 0.3 is 5.97 Å². The standard InChI is InChI=1S/C22H24N2O5/c1-29-14-15-10-18(22(27)28)12-19(11-15)23-20(25)17-8-5-9-24(13-17)21(26)16-6-3-2-4-7-16/h2-4,6-7,10-12,17H,5,8-9,13-14H2,1H3,(H,23,25)(H,27,28). The highest BCUT2D eigenvalue weighted by Gasteiger charge is 2.29. The van der Waals surface area contributed by atoms with Crippen molar-refractivity contribution in [2.24, 2.45) is 5.92 Å². The number of aromatic carboxylic acids is 1. The first kappa shape index (κ1) is 20.5. The molecule has 29 heavy (non-hydrogen) atoms. The third-order valence-electron chi connectivity index (χ3n) is 4.92. The summed E-state index contributed by atoms with van der Waals surface area (Å²) in [6.07, 6.45) is 1.41. The normalized spacial score (nSPS) is 16.3. The fraction of sp³-hybridized carbons (Fsp3) is 0.318. The molecule has 1 fully saturated rings. The molecule has 0 aromatic heterocycles. The van der Waals surface area contributed by atoms with E-state index >= 15 is 0 Å². The molecular weight excluding hydrogens is 372 g/mol. The Hall–Kier alpha value is -3.19. The van der Waals surface area contributed by atoms with Crippen LogP contribution in [-0.4, -0.2) is 48.0 Å². The molecule has 1 aliphatic heterocycles. The van der Waals surface area contributed by atoms with Gasteiger partial charge in [0.15, 0.2) is 0 Å². The van der Waals surface area contributed by atoms with E-state index < -0.39 is 5.97 Å². The van der Waals surface area contributed by atoms with Crippen LogP contribution in [0.4, 0.5) is 5.69 Å². The van der Waals surface area contributed by atoms with Gasteiger partial charge in [-0.2, -0.15) is 0 Å². The molecule has 1 atom stereocenters. The lowest BCUT2D eigenvalue weighted by Crippen LogP contribution is -2.43. The molecule has 0 saturated carbocycles. The zero-order valence-electron chi connectivity index (χ0n) is 16.3. The maximum absolute atomic E-state index is 12.8. The number of amides is 2. The van der Waals surface area contributed by atoms with E-state index in [1.807, 2.05) is 18.2 Å². The summed E-state index contributed by atoms with van der Waals surface area (Å²) in [6, 6.07) is 13.7. The van der Waals surface area contributed by atoms with E-state index in [1.165, 1.54) is 19.2 Å². The maximum Gasteiger partial charge on any atom is 0.335 e. The van der Waals surface area contributed by atoms with Crippen molar-refractivity contribution in [3.63, 3.8) is 0 Å². The minimum Gasteiger partial charge on any atom is -0.478 e. The van der Waals surface area contributed by atoms with Crippen LogP contribution in [0.3, 0.4) is 0 Å². The Morgan fingerprint density at radius 2 is 1.90 bits per heavy atom. The number of methoxy groups -OCH3 is 1. The van der Waals surface area contributed by atoms with Gasteiger partial charge < -0.3 is 20.1 Å². The minimum atomic E-state index is -1.07. The van der Waals surface area contributed by atoms with E-state index in [9.17, 15) is 19.5 Å². The van der Waals surface area contributed by atoms with Crippen molar-refractivity contribution in [2.45, 2.75) is 19.4 Å². The molecule has 7 heteroatoms. The largest absolute Gasteiger partial charge is 0.478 e. The van der Waals surface area contributed by atoms with Crippen LogP contribution in [0.1, 0.15) is 39.1 Å². The molecule has 0 bridgehead atoms. The van der Waals surface area contributed by atoms with Crippen molar-refractivity contribution in [2.75, 3.05) is 25.5 Å². The number of likely N-dealkylation sites (tertiary alicyclic amines) is 1. The Morgan fingerprint density at radius 3 is 2.59 bits per heavy atom. The number of ether oxygens (including phenoxy) is 1. The van der Waals surface area contributed by atoms with E-state index in [0.29, 0.717) is 36.3 Å². The smallest absolute Gasteiger partial charge is 0.335 e. The van der Waals surface area contributed by atoms with Crippen LogP contribution in [0.5, 0.6) is 0 Å². The molecule has 2 amide bonds. The zero-order valence-corrected chi connectivity index (χ0v) is 16.3.